The van der Waals surface area contributed by atoms with E-state index in [1.165, 1.54) is 0 Å². The van der Waals surface area contributed by atoms with Crippen LogP contribution < -0.4 is 10.5 Å². The number of carbonyl (C=O) groups is 1. The van der Waals surface area contributed by atoms with E-state index >= 15 is 0 Å². The van der Waals surface area contributed by atoms with Gasteiger partial charge in [-0.05, 0) is 38.5 Å². The van der Waals surface area contributed by atoms with E-state index in [9.17, 15) is 9.90 Å². The van der Waals surface area contributed by atoms with Crippen LogP contribution in [0.5, 0.6) is 5.75 Å². The van der Waals surface area contributed by atoms with Gasteiger partial charge in [-0.3, -0.25) is 4.79 Å². The van der Waals surface area contributed by atoms with Gasteiger partial charge in [0.05, 0.1) is 11.5 Å². The molecule has 0 amide bonds. The average Bonchev–Trinajstić information content (AvgIpc) is 2.27. The van der Waals surface area contributed by atoms with E-state index in [0.717, 1.165) is 0 Å². The minimum absolute atomic E-state index is 0. The van der Waals surface area contributed by atoms with Crippen LogP contribution in [0.1, 0.15) is 32.4 Å². The third-order valence-electron chi connectivity index (χ3n) is 2.29. The maximum atomic E-state index is 11.7. The number of rotatable bonds is 3. The summed E-state index contributed by atoms with van der Waals surface area (Å²) in [5.41, 5.74) is 5.46. The number of ether oxygens (including phenoxy) is 1. The van der Waals surface area contributed by atoms with Crippen molar-refractivity contribution < 1.29 is 14.6 Å². The van der Waals surface area contributed by atoms with Gasteiger partial charge in [-0.2, -0.15) is 0 Å². The summed E-state index contributed by atoms with van der Waals surface area (Å²) in [5.74, 6) is 0.117. The molecule has 0 fully saturated rings. The van der Waals surface area contributed by atoms with E-state index in [1.807, 2.05) is 0 Å². The summed E-state index contributed by atoms with van der Waals surface area (Å²) in [7, 11) is 0. The number of benzene rings is 1. The molecule has 5 heteroatoms. The van der Waals surface area contributed by atoms with Crippen LogP contribution in [0.25, 0.3) is 0 Å². The molecule has 0 aliphatic carbocycles. The first-order valence-corrected chi connectivity index (χ1v) is 5.55. The summed E-state index contributed by atoms with van der Waals surface area (Å²) < 4.78 is 5.22. The molecular weight excluding hydrogens is 254 g/mol. The van der Waals surface area contributed by atoms with Crippen LogP contribution in [-0.4, -0.2) is 17.6 Å². The first-order valence-electron chi connectivity index (χ1n) is 5.55. The molecule has 0 aliphatic heterocycles. The Morgan fingerprint density at radius 3 is 2.56 bits per heavy atom. The highest BCUT2D eigenvalue weighted by molar-refractivity contribution is 5.85. The second-order valence-electron chi connectivity index (χ2n) is 4.96. The molecule has 3 N–H and O–H groups in total. The maximum Gasteiger partial charge on any atom is 0.316 e. The predicted molar refractivity (Wildman–Crippen MR) is 72.8 cm³/mol. The van der Waals surface area contributed by atoms with Crippen LogP contribution in [0.4, 0.5) is 0 Å². The molecule has 1 unspecified atom stereocenters. The normalized spacial score (nSPS) is 12.5. The van der Waals surface area contributed by atoms with Crippen LogP contribution in [0.2, 0.25) is 0 Å². The smallest absolute Gasteiger partial charge is 0.316 e. The van der Waals surface area contributed by atoms with Crippen LogP contribution in [0.3, 0.4) is 0 Å². The van der Waals surface area contributed by atoms with Crippen molar-refractivity contribution >= 4 is 18.4 Å². The number of aliphatic hydroxyl groups excluding tert-OH is 1. The van der Waals surface area contributed by atoms with E-state index < -0.39 is 11.5 Å². The van der Waals surface area contributed by atoms with Gasteiger partial charge in [-0.15, -0.1) is 12.4 Å². The molecule has 1 aromatic carbocycles. The van der Waals surface area contributed by atoms with Gasteiger partial charge < -0.3 is 15.6 Å². The van der Waals surface area contributed by atoms with E-state index in [1.54, 1.807) is 45.0 Å². The molecule has 4 nitrogen and oxygen atoms in total. The van der Waals surface area contributed by atoms with Gasteiger partial charge >= 0.3 is 5.97 Å². The lowest BCUT2D eigenvalue weighted by molar-refractivity contribution is -0.143. The van der Waals surface area contributed by atoms with Crippen molar-refractivity contribution in [2.45, 2.75) is 26.9 Å². The minimum atomic E-state index is -0.733. The fourth-order valence-electron chi connectivity index (χ4n) is 1.18. The van der Waals surface area contributed by atoms with Crippen molar-refractivity contribution in [2.75, 3.05) is 6.54 Å². The van der Waals surface area contributed by atoms with Crippen molar-refractivity contribution in [3.63, 3.8) is 0 Å². The number of carbonyl (C=O) groups excluding carboxylic acids is 1. The summed E-state index contributed by atoms with van der Waals surface area (Å²) in [6.07, 6.45) is -0.733. The summed E-state index contributed by atoms with van der Waals surface area (Å²) in [6.45, 7) is 5.49. The first-order chi connectivity index (χ1) is 7.84. The zero-order chi connectivity index (χ0) is 13.1. The highest BCUT2D eigenvalue weighted by Gasteiger charge is 2.23. The van der Waals surface area contributed by atoms with Crippen LogP contribution >= 0.6 is 12.4 Å². The molecule has 0 spiro atoms. The third-order valence-corrected chi connectivity index (χ3v) is 2.29. The fraction of sp³-hybridized carbons (Fsp3) is 0.462. The summed E-state index contributed by atoms with van der Waals surface area (Å²) >= 11 is 0. The Hall–Kier alpha value is -1.10. The lowest BCUT2D eigenvalue weighted by atomic mass is 9.97. The number of halogens is 1. The molecule has 102 valence electrons. The Morgan fingerprint density at radius 2 is 2.06 bits per heavy atom. The minimum Gasteiger partial charge on any atom is -0.426 e. The molecular formula is C13H20ClNO3. The number of nitrogens with two attached hydrogens (primary N) is 1. The van der Waals surface area contributed by atoms with Crippen molar-refractivity contribution in [2.24, 2.45) is 11.1 Å². The van der Waals surface area contributed by atoms with Gasteiger partial charge in [0.2, 0.25) is 0 Å². The standard InChI is InChI=1S/C13H19NO3.ClH/c1-13(2,3)12(16)17-10-6-4-5-9(7-10)11(15)8-14;/h4-7,11,15H,8,14H2,1-3H3;1H. The van der Waals surface area contributed by atoms with E-state index in [0.29, 0.717) is 11.3 Å². The van der Waals surface area contributed by atoms with Crippen molar-refractivity contribution in [3.8, 4) is 5.75 Å². The van der Waals surface area contributed by atoms with Crippen LogP contribution in [0, 0.1) is 5.41 Å². The average molecular weight is 274 g/mol. The maximum absolute atomic E-state index is 11.7. The molecule has 0 saturated carbocycles. The molecule has 0 bridgehead atoms. The highest BCUT2D eigenvalue weighted by atomic mass is 35.5. The van der Waals surface area contributed by atoms with Crippen molar-refractivity contribution in [3.05, 3.63) is 29.8 Å². The Morgan fingerprint density at radius 1 is 1.44 bits per heavy atom. The fourth-order valence-corrected chi connectivity index (χ4v) is 1.18. The summed E-state index contributed by atoms with van der Waals surface area (Å²) in [4.78, 5) is 11.7. The Kier molecular flexibility index (Phi) is 6.32. The lowest BCUT2D eigenvalue weighted by Gasteiger charge is -2.17. The quantitative estimate of drug-likeness (QED) is 0.653. The third kappa shape index (κ3) is 4.64. The van der Waals surface area contributed by atoms with Crippen molar-refractivity contribution in [1.82, 2.24) is 0 Å². The largest absolute Gasteiger partial charge is 0.426 e. The summed E-state index contributed by atoms with van der Waals surface area (Å²) in [6, 6.07) is 6.77. The zero-order valence-corrected chi connectivity index (χ0v) is 11.7. The van der Waals surface area contributed by atoms with E-state index in [4.69, 9.17) is 10.5 Å². The molecule has 0 saturated heterocycles. The lowest BCUT2D eigenvalue weighted by Crippen LogP contribution is -2.25. The Labute approximate surface area is 114 Å². The van der Waals surface area contributed by atoms with Gasteiger partial charge in [0.15, 0.2) is 0 Å². The van der Waals surface area contributed by atoms with E-state index in [-0.39, 0.29) is 24.9 Å². The molecule has 1 atom stereocenters. The number of hydrogen-bond acceptors (Lipinski definition) is 4. The molecule has 0 radical (unpaired) electrons. The number of aliphatic hydroxyl groups is 1. The SMILES string of the molecule is CC(C)(C)C(=O)Oc1cccc(C(O)CN)c1.Cl. The zero-order valence-electron chi connectivity index (χ0n) is 10.8. The molecule has 0 aliphatic rings. The van der Waals surface area contributed by atoms with Gasteiger partial charge in [0.25, 0.3) is 0 Å². The predicted octanol–water partition coefficient (Wildman–Crippen LogP) is 2.05. The molecule has 1 rings (SSSR count). The number of hydrogen-bond donors (Lipinski definition) is 2. The molecule has 0 heterocycles. The molecule has 1 aromatic rings. The van der Waals surface area contributed by atoms with Crippen molar-refractivity contribution in [1.29, 1.82) is 0 Å². The van der Waals surface area contributed by atoms with Gasteiger partial charge in [-0.1, -0.05) is 12.1 Å². The molecule has 18 heavy (non-hydrogen) atoms. The van der Waals surface area contributed by atoms with Gasteiger partial charge in [0, 0.05) is 6.54 Å². The second kappa shape index (κ2) is 6.73. The topological polar surface area (TPSA) is 72.5 Å². The Balaban J connectivity index is 0.00000289. The van der Waals surface area contributed by atoms with Crippen LogP contribution in [0.15, 0.2) is 24.3 Å². The molecule has 0 aromatic heterocycles. The Bertz CT molecular complexity index is 401. The highest BCUT2D eigenvalue weighted by Crippen LogP contribution is 2.22. The van der Waals surface area contributed by atoms with Gasteiger partial charge in [0.1, 0.15) is 5.75 Å². The first kappa shape index (κ1) is 16.9. The van der Waals surface area contributed by atoms with E-state index in [2.05, 4.69) is 0 Å². The monoisotopic (exact) mass is 273 g/mol. The van der Waals surface area contributed by atoms with Gasteiger partial charge in [-0.25, -0.2) is 0 Å². The second-order valence-corrected chi connectivity index (χ2v) is 4.96. The van der Waals surface area contributed by atoms with Crippen LogP contribution in [-0.2, 0) is 4.79 Å². The number of esters is 1. The summed E-state index contributed by atoms with van der Waals surface area (Å²) in [5, 5.41) is 9.58.